The van der Waals surface area contributed by atoms with E-state index in [1.807, 2.05) is 6.92 Å². The van der Waals surface area contributed by atoms with Gasteiger partial charge in [0.05, 0.1) is 4.92 Å². The Kier molecular flexibility index (Phi) is 7.73. The van der Waals surface area contributed by atoms with E-state index in [9.17, 15) is 24.5 Å². The lowest BCUT2D eigenvalue weighted by atomic mass is 9.86. The molecule has 3 amide bonds. The molecule has 0 aliphatic heterocycles. The summed E-state index contributed by atoms with van der Waals surface area (Å²) >= 11 is 0. The van der Waals surface area contributed by atoms with Gasteiger partial charge in [-0.2, -0.15) is 0 Å². The molecular weight excluding hydrogens is 370 g/mol. The molecule has 1 aliphatic rings. The second kappa shape index (κ2) is 10.2. The van der Waals surface area contributed by atoms with Gasteiger partial charge in [-0.25, -0.2) is 9.59 Å². The summed E-state index contributed by atoms with van der Waals surface area (Å²) in [5.74, 6) is -1.42. The Hall–Kier alpha value is -3.17. The molecule has 1 aliphatic carbocycles. The number of hydrogen-bond acceptors (Lipinski definition) is 7. The van der Waals surface area contributed by atoms with Crippen molar-refractivity contribution in [3.63, 3.8) is 0 Å². The molecule has 2 atom stereocenters. The number of urea groups is 1. The molecular formula is C18H23N3O7. The monoisotopic (exact) mass is 393 g/mol. The van der Waals surface area contributed by atoms with Gasteiger partial charge in [0.2, 0.25) is 0 Å². The molecule has 0 spiro atoms. The highest BCUT2D eigenvalue weighted by Gasteiger charge is 2.23. The number of esters is 1. The molecule has 0 aromatic heterocycles. The van der Waals surface area contributed by atoms with Gasteiger partial charge in [0.15, 0.2) is 19.0 Å². The summed E-state index contributed by atoms with van der Waals surface area (Å²) in [5.41, 5.74) is -0.290. The first-order valence-corrected chi connectivity index (χ1v) is 8.99. The number of nitro benzene ring substituents is 1. The second-order valence-corrected chi connectivity index (χ2v) is 6.56. The highest BCUT2D eigenvalue weighted by molar-refractivity contribution is 5.95. The van der Waals surface area contributed by atoms with Gasteiger partial charge in [-0.15, -0.1) is 0 Å². The third-order valence-corrected chi connectivity index (χ3v) is 4.45. The number of ether oxygens (including phenoxy) is 2. The summed E-state index contributed by atoms with van der Waals surface area (Å²) in [6, 6.07) is 4.95. The van der Waals surface area contributed by atoms with Crippen LogP contribution in [0.3, 0.4) is 0 Å². The third kappa shape index (κ3) is 6.53. The number of nitro groups is 1. The summed E-state index contributed by atoms with van der Waals surface area (Å²) in [6.45, 7) is 0.779. The van der Waals surface area contributed by atoms with Crippen LogP contribution >= 0.6 is 0 Å². The molecule has 1 aromatic rings. The zero-order valence-corrected chi connectivity index (χ0v) is 15.5. The maximum Gasteiger partial charge on any atom is 0.344 e. The predicted molar refractivity (Wildman–Crippen MR) is 97.6 cm³/mol. The van der Waals surface area contributed by atoms with Gasteiger partial charge in [-0.3, -0.25) is 20.2 Å². The van der Waals surface area contributed by atoms with Gasteiger partial charge < -0.3 is 14.8 Å². The fourth-order valence-corrected chi connectivity index (χ4v) is 2.95. The molecule has 10 nitrogen and oxygen atoms in total. The topological polar surface area (TPSA) is 137 Å². The molecule has 2 N–H and O–H groups in total. The van der Waals surface area contributed by atoms with Gasteiger partial charge in [0.25, 0.3) is 5.91 Å². The molecule has 0 radical (unpaired) electrons. The summed E-state index contributed by atoms with van der Waals surface area (Å²) in [6.07, 6.45) is 4.04. The first kappa shape index (κ1) is 21.1. The van der Waals surface area contributed by atoms with E-state index in [4.69, 9.17) is 9.47 Å². The normalized spacial score (nSPS) is 18.6. The van der Waals surface area contributed by atoms with Crippen molar-refractivity contribution in [2.75, 3.05) is 13.2 Å². The van der Waals surface area contributed by atoms with Crippen LogP contribution in [0.4, 0.5) is 10.5 Å². The largest absolute Gasteiger partial charge is 0.475 e. The van der Waals surface area contributed by atoms with Crippen LogP contribution in [0.5, 0.6) is 5.75 Å². The zero-order chi connectivity index (χ0) is 20.5. The SMILES string of the molecule is C[C@@H]1CCCC[C@H]1NC(=O)NC(=O)COC(=O)COc1ccccc1[N+](=O)[O-]. The number of carbonyl (C=O) groups excluding carboxylic acids is 3. The lowest BCUT2D eigenvalue weighted by molar-refractivity contribution is -0.385. The number of para-hydroxylation sites is 2. The Labute approximate surface area is 161 Å². The zero-order valence-electron chi connectivity index (χ0n) is 15.5. The van der Waals surface area contributed by atoms with Crippen molar-refractivity contribution in [3.8, 4) is 5.75 Å². The fraction of sp³-hybridized carbons (Fsp3) is 0.500. The summed E-state index contributed by atoms with van der Waals surface area (Å²) in [7, 11) is 0. The van der Waals surface area contributed by atoms with E-state index in [0.717, 1.165) is 25.7 Å². The van der Waals surface area contributed by atoms with Crippen molar-refractivity contribution in [2.24, 2.45) is 5.92 Å². The molecule has 1 saturated carbocycles. The van der Waals surface area contributed by atoms with E-state index >= 15 is 0 Å². The molecule has 1 fully saturated rings. The van der Waals surface area contributed by atoms with Crippen molar-refractivity contribution >= 4 is 23.6 Å². The van der Waals surface area contributed by atoms with Crippen molar-refractivity contribution in [1.82, 2.24) is 10.6 Å². The minimum Gasteiger partial charge on any atom is -0.475 e. The van der Waals surface area contributed by atoms with E-state index in [1.54, 1.807) is 0 Å². The average Bonchev–Trinajstić information content (AvgIpc) is 2.66. The van der Waals surface area contributed by atoms with Crippen LogP contribution in [-0.4, -0.2) is 42.1 Å². The van der Waals surface area contributed by atoms with Gasteiger partial charge in [0, 0.05) is 12.1 Å². The molecule has 152 valence electrons. The van der Waals surface area contributed by atoms with Crippen LogP contribution in [0.15, 0.2) is 24.3 Å². The number of nitrogens with one attached hydrogen (secondary N) is 2. The standard InChI is InChI=1S/C18H23N3O7/c1-12-6-2-3-7-13(12)19-18(24)20-16(22)10-28-17(23)11-27-15-9-5-4-8-14(15)21(25)26/h4-5,8-9,12-13H,2-3,6-7,10-11H2,1H3,(H2,19,20,22,24)/t12-,13-/m1/s1. The lowest BCUT2D eigenvalue weighted by Gasteiger charge is -2.29. The van der Waals surface area contributed by atoms with E-state index in [-0.39, 0.29) is 17.5 Å². The molecule has 0 unspecified atom stereocenters. The first-order valence-electron chi connectivity index (χ1n) is 8.99. The van der Waals surface area contributed by atoms with E-state index < -0.39 is 36.0 Å². The van der Waals surface area contributed by atoms with E-state index in [1.165, 1.54) is 24.3 Å². The van der Waals surface area contributed by atoms with Crippen LogP contribution in [0.25, 0.3) is 0 Å². The number of imide groups is 1. The maximum atomic E-state index is 11.9. The average molecular weight is 393 g/mol. The second-order valence-electron chi connectivity index (χ2n) is 6.56. The Bertz CT molecular complexity index is 738. The Morgan fingerprint density at radius 3 is 2.61 bits per heavy atom. The predicted octanol–water partition coefficient (Wildman–Crippen LogP) is 1.92. The van der Waals surface area contributed by atoms with Crippen LogP contribution in [0, 0.1) is 16.0 Å². The minimum absolute atomic E-state index is 0.0131. The molecule has 0 saturated heterocycles. The number of carbonyl (C=O) groups is 3. The maximum absolute atomic E-state index is 11.9. The molecule has 28 heavy (non-hydrogen) atoms. The van der Waals surface area contributed by atoms with Crippen LogP contribution in [0.2, 0.25) is 0 Å². The van der Waals surface area contributed by atoms with Gasteiger partial charge in [-0.1, -0.05) is 31.9 Å². The minimum atomic E-state index is -0.894. The number of rotatable bonds is 7. The van der Waals surface area contributed by atoms with Gasteiger partial charge in [0.1, 0.15) is 0 Å². The van der Waals surface area contributed by atoms with Gasteiger partial charge >= 0.3 is 17.7 Å². The first-order chi connectivity index (χ1) is 13.4. The van der Waals surface area contributed by atoms with Crippen molar-refractivity contribution < 1.29 is 28.8 Å². The number of hydrogen-bond donors (Lipinski definition) is 2. The Morgan fingerprint density at radius 2 is 1.89 bits per heavy atom. The highest BCUT2D eigenvalue weighted by atomic mass is 16.6. The van der Waals surface area contributed by atoms with Crippen molar-refractivity contribution in [3.05, 3.63) is 34.4 Å². The summed E-state index contributed by atoms with van der Waals surface area (Å²) in [5, 5.41) is 15.7. The molecule has 10 heteroatoms. The van der Waals surface area contributed by atoms with Gasteiger partial charge in [-0.05, 0) is 24.8 Å². The molecule has 1 aromatic carbocycles. The lowest BCUT2D eigenvalue weighted by Crippen LogP contribution is -2.48. The van der Waals surface area contributed by atoms with E-state index in [2.05, 4.69) is 10.6 Å². The summed E-state index contributed by atoms with van der Waals surface area (Å²) < 4.78 is 9.77. The number of benzene rings is 1. The molecule has 0 bridgehead atoms. The van der Waals surface area contributed by atoms with E-state index in [0.29, 0.717) is 5.92 Å². The smallest absolute Gasteiger partial charge is 0.344 e. The van der Waals surface area contributed by atoms with Crippen LogP contribution in [-0.2, 0) is 14.3 Å². The Balaban J connectivity index is 1.70. The summed E-state index contributed by atoms with van der Waals surface area (Å²) in [4.78, 5) is 45.4. The van der Waals surface area contributed by atoms with Crippen molar-refractivity contribution in [1.29, 1.82) is 0 Å². The van der Waals surface area contributed by atoms with Crippen molar-refractivity contribution in [2.45, 2.75) is 38.6 Å². The number of amides is 3. The highest BCUT2D eigenvalue weighted by Crippen LogP contribution is 2.25. The number of nitrogens with zero attached hydrogens (tertiary/aromatic N) is 1. The molecule has 0 heterocycles. The Morgan fingerprint density at radius 1 is 1.18 bits per heavy atom. The molecule has 2 rings (SSSR count). The third-order valence-electron chi connectivity index (χ3n) is 4.45. The fourth-order valence-electron chi connectivity index (χ4n) is 2.95. The van der Waals surface area contributed by atoms with Crippen LogP contribution < -0.4 is 15.4 Å². The quantitative estimate of drug-likeness (QED) is 0.410. The van der Waals surface area contributed by atoms with Crippen LogP contribution in [0.1, 0.15) is 32.6 Å².